The van der Waals surface area contributed by atoms with Crippen LogP contribution in [0.4, 0.5) is 10.1 Å². The number of ether oxygens (including phenoxy) is 1. The number of rotatable bonds is 4. The zero-order chi connectivity index (χ0) is 15.4. The molecule has 2 aromatic carbocycles. The van der Waals surface area contributed by atoms with E-state index < -0.39 is 10.7 Å². The van der Waals surface area contributed by atoms with Crippen LogP contribution < -0.4 is 4.74 Å². The molecule has 0 unspecified atom stereocenters. The lowest BCUT2D eigenvalue weighted by atomic mass is 10.1. The molecule has 0 N–H and O–H groups in total. The molecule has 2 aromatic rings. The third-order valence-corrected chi connectivity index (χ3v) is 2.97. The molecule has 0 bridgehead atoms. The number of nitriles is 1. The molecule has 0 saturated carbocycles. The molecule has 5 nitrogen and oxygen atoms in total. The van der Waals surface area contributed by atoms with Gasteiger partial charge >= 0.3 is 0 Å². The smallest absolute Gasteiger partial charge is 0.272 e. The normalized spacial score (nSPS) is 9.95. The monoisotopic (exact) mass is 306 g/mol. The summed E-state index contributed by atoms with van der Waals surface area (Å²) in [4.78, 5) is 9.83. The van der Waals surface area contributed by atoms with E-state index in [1.54, 1.807) is 6.07 Å². The molecule has 7 heteroatoms. The van der Waals surface area contributed by atoms with E-state index in [1.807, 2.05) is 6.07 Å². The van der Waals surface area contributed by atoms with Crippen molar-refractivity contribution in [2.75, 3.05) is 0 Å². The molecule has 0 amide bonds. The van der Waals surface area contributed by atoms with Crippen LogP contribution in [0, 0.1) is 27.3 Å². The summed E-state index contributed by atoms with van der Waals surface area (Å²) in [6, 6.07) is 9.63. The average Bonchev–Trinajstić information content (AvgIpc) is 2.49. The Morgan fingerprint density at radius 1 is 1.29 bits per heavy atom. The summed E-state index contributed by atoms with van der Waals surface area (Å²) in [5.74, 6) is -0.690. The molecule has 0 fully saturated rings. The van der Waals surface area contributed by atoms with Gasteiger partial charge in [0.25, 0.3) is 5.69 Å². The van der Waals surface area contributed by atoms with Gasteiger partial charge in [0.2, 0.25) is 0 Å². The van der Waals surface area contributed by atoms with Crippen LogP contribution in [-0.4, -0.2) is 4.92 Å². The van der Waals surface area contributed by atoms with E-state index in [4.69, 9.17) is 21.6 Å². The molecule has 0 spiro atoms. The minimum absolute atomic E-state index is 0.152. The van der Waals surface area contributed by atoms with Gasteiger partial charge in [-0.25, -0.2) is 4.39 Å². The predicted octanol–water partition coefficient (Wildman–Crippen LogP) is 4.14. The van der Waals surface area contributed by atoms with Gasteiger partial charge in [-0.2, -0.15) is 5.26 Å². The second-order valence-electron chi connectivity index (χ2n) is 4.05. The van der Waals surface area contributed by atoms with Gasteiger partial charge in [-0.3, -0.25) is 10.1 Å². The van der Waals surface area contributed by atoms with Crippen molar-refractivity contribution in [2.24, 2.45) is 0 Å². The molecule has 0 radical (unpaired) electrons. The molecule has 0 aliphatic carbocycles. The Morgan fingerprint density at radius 3 is 2.57 bits per heavy atom. The van der Waals surface area contributed by atoms with Crippen LogP contribution in [0.25, 0.3) is 0 Å². The van der Waals surface area contributed by atoms with Crippen molar-refractivity contribution in [3.8, 4) is 17.6 Å². The summed E-state index contributed by atoms with van der Waals surface area (Å²) in [5.41, 5.74) is 0.550. The van der Waals surface area contributed by atoms with Gasteiger partial charge in [-0.15, -0.1) is 11.6 Å². The first-order valence-electron chi connectivity index (χ1n) is 5.76. The number of nitrogens with zero attached hydrogens (tertiary/aromatic N) is 2. The quantitative estimate of drug-likeness (QED) is 0.483. The van der Waals surface area contributed by atoms with Crippen LogP contribution >= 0.6 is 11.6 Å². The lowest BCUT2D eigenvalue weighted by Crippen LogP contribution is -1.94. The topological polar surface area (TPSA) is 76.2 Å². The number of hydrogen-bond acceptors (Lipinski definition) is 4. The van der Waals surface area contributed by atoms with Gasteiger partial charge < -0.3 is 4.74 Å². The number of nitro groups is 1. The molecule has 0 saturated heterocycles. The Kier molecular flexibility index (Phi) is 4.36. The molecule has 106 valence electrons. The third-order valence-electron chi connectivity index (χ3n) is 2.66. The minimum Gasteiger partial charge on any atom is -0.453 e. The maximum absolute atomic E-state index is 13.7. The van der Waals surface area contributed by atoms with E-state index in [0.717, 1.165) is 23.8 Å². The highest BCUT2D eigenvalue weighted by Crippen LogP contribution is 2.30. The average molecular weight is 307 g/mol. The van der Waals surface area contributed by atoms with Gasteiger partial charge in [-0.1, -0.05) is 6.07 Å². The lowest BCUT2D eigenvalue weighted by molar-refractivity contribution is -0.385. The molecular weight excluding hydrogens is 299 g/mol. The van der Waals surface area contributed by atoms with Crippen LogP contribution in [0.1, 0.15) is 11.1 Å². The summed E-state index contributed by atoms with van der Waals surface area (Å²) < 4.78 is 19.0. The van der Waals surface area contributed by atoms with Gasteiger partial charge in [-0.05, 0) is 23.8 Å². The fraction of sp³-hybridized carbons (Fsp3) is 0.0714. The van der Waals surface area contributed by atoms with Crippen LogP contribution in [-0.2, 0) is 5.88 Å². The standard InChI is InChI=1S/C14H8ClFN2O3/c15-7-9-1-3-13(10(5-9)8-17)21-14-4-2-11(18(19)20)6-12(14)16/h1-6H,7H2. The minimum atomic E-state index is -0.880. The van der Waals surface area contributed by atoms with Crippen molar-refractivity contribution in [3.05, 3.63) is 63.5 Å². The zero-order valence-electron chi connectivity index (χ0n) is 10.5. The van der Waals surface area contributed by atoms with E-state index in [9.17, 15) is 14.5 Å². The molecule has 0 atom stereocenters. The van der Waals surface area contributed by atoms with Gasteiger partial charge in [0.1, 0.15) is 11.8 Å². The molecule has 2 rings (SSSR count). The molecule has 0 aromatic heterocycles. The van der Waals surface area contributed by atoms with E-state index in [1.165, 1.54) is 12.1 Å². The van der Waals surface area contributed by atoms with Crippen LogP contribution in [0.15, 0.2) is 36.4 Å². The fourth-order valence-electron chi connectivity index (χ4n) is 1.64. The first-order chi connectivity index (χ1) is 10.0. The van der Waals surface area contributed by atoms with E-state index >= 15 is 0 Å². The number of nitro benzene ring substituents is 1. The first kappa shape index (κ1) is 14.8. The Bertz CT molecular complexity index is 743. The van der Waals surface area contributed by atoms with Crippen molar-refractivity contribution in [2.45, 2.75) is 5.88 Å². The highest BCUT2D eigenvalue weighted by molar-refractivity contribution is 6.17. The van der Waals surface area contributed by atoms with Crippen LogP contribution in [0.2, 0.25) is 0 Å². The van der Waals surface area contributed by atoms with E-state index in [0.29, 0.717) is 0 Å². The summed E-state index contributed by atoms with van der Waals surface area (Å²) in [7, 11) is 0. The maximum atomic E-state index is 13.7. The summed E-state index contributed by atoms with van der Waals surface area (Å²) >= 11 is 5.67. The second kappa shape index (κ2) is 6.20. The highest BCUT2D eigenvalue weighted by atomic mass is 35.5. The van der Waals surface area contributed by atoms with Crippen LogP contribution in [0.5, 0.6) is 11.5 Å². The number of halogens is 2. The molecule has 0 heterocycles. The largest absolute Gasteiger partial charge is 0.453 e. The summed E-state index contributed by atoms with van der Waals surface area (Å²) in [5, 5.41) is 19.6. The number of hydrogen-bond donors (Lipinski definition) is 0. The number of alkyl halides is 1. The first-order valence-corrected chi connectivity index (χ1v) is 6.29. The number of benzene rings is 2. The highest BCUT2D eigenvalue weighted by Gasteiger charge is 2.14. The fourth-order valence-corrected chi connectivity index (χ4v) is 1.81. The van der Waals surface area contributed by atoms with Gasteiger partial charge in [0, 0.05) is 11.9 Å². The molecular formula is C14H8ClFN2O3. The predicted molar refractivity (Wildman–Crippen MR) is 73.8 cm³/mol. The maximum Gasteiger partial charge on any atom is 0.272 e. The lowest BCUT2D eigenvalue weighted by Gasteiger charge is -2.09. The summed E-state index contributed by atoms with van der Waals surface area (Å²) in [6.07, 6.45) is 0. The molecule has 0 aliphatic heterocycles. The Labute approximate surface area is 124 Å². The Morgan fingerprint density at radius 2 is 2.00 bits per heavy atom. The zero-order valence-corrected chi connectivity index (χ0v) is 11.3. The van der Waals surface area contributed by atoms with Crippen molar-refractivity contribution in [1.82, 2.24) is 0 Å². The van der Waals surface area contributed by atoms with E-state index in [2.05, 4.69) is 0 Å². The Hall–Kier alpha value is -2.65. The van der Waals surface area contributed by atoms with Crippen molar-refractivity contribution in [1.29, 1.82) is 5.26 Å². The van der Waals surface area contributed by atoms with E-state index in [-0.39, 0.29) is 28.6 Å². The van der Waals surface area contributed by atoms with Crippen LogP contribution in [0.3, 0.4) is 0 Å². The van der Waals surface area contributed by atoms with Crippen molar-refractivity contribution in [3.63, 3.8) is 0 Å². The van der Waals surface area contributed by atoms with Gasteiger partial charge in [0.05, 0.1) is 16.6 Å². The Balaban J connectivity index is 2.34. The van der Waals surface area contributed by atoms with Gasteiger partial charge in [0.15, 0.2) is 11.6 Å². The van der Waals surface area contributed by atoms with Crippen molar-refractivity contribution < 1.29 is 14.1 Å². The second-order valence-corrected chi connectivity index (χ2v) is 4.32. The summed E-state index contributed by atoms with van der Waals surface area (Å²) in [6.45, 7) is 0. The molecule has 21 heavy (non-hydrogen) atoms. The third kappa shape index (κ3) is 3.27. The SMILES string of the molecule is N#Cc1cc(CCl)ccc1Oc1ccc([N+](=O)[O-])cc1F. The molecule has 0 aliphatic rings. The number of non-ortho nitro benzene ring substituents is 1. The van der Waals surface area contributed by atoms with Crippen molar-refractivity contribution >= 4 is 17.3 Å².